The third-order valence-electron chi connectivity index (χ3n) is 2.90. The molecule has 0 bridgehead atoms. The first-order valence-electron chi connectivity index (χ1n) is 5.64. The number of rotatable bonds is 2. The molecule has 0 spiro atoms. The Morgan fingerprint density at radius 1 is 1.15 bits per heavy atom. The number of hydrogen-bond acceptors (Lipinski definition) is 1. The van der Waals surface area contributed by atoms with E-state index in [4.69, 9.17) is 5.26 Å². The van der Waals surface area contributed by atoms with Crippen molar-refractivity contribution in [3.8, 4) is 6.07 Å². The van der Waals surface area contributed by atoms with Crippen LogP contribution in [0.25, 0.3) is 0 Å². The van der Waals surface area contributed by atoms with Gasteiger partial charge in [-0.25, -0.2) is 0 Å². The molecule has 0 saturated heterocycles. The van der Waals surface area contributed by atoms with Crippen LogP contribution in [0.15, 0.2) is 0 Å². The van der Waals surface area contributed by atoms with Crippen molar-refractivity contribution in [2.24, 2.45) is 5.41 Å². The minimum Gasteiger partial charge on any atom is -0.198 e. The Kier molecular flexibility index (Phi) is 6.68. The van der Waals surface area contributed by atoms with Gasteiger partial charge in [0, 0.05) is 6.42 Å². The summed E-state index contributed by atoms with van der Waals surface area (Å²) in [6, 6.07) is 2.24. The van der Waals surface area contributed by atoms with Gasteiger partial charge >= 0.3 is 0 Å². The SMILES string of the molecule is CC.CC1(CCC#N)CCCCC1. The van der Waals surface area contributed by atoms with E-state index < -0.39 is 0 Å². The lowest BCUT2D eigenvalue weighted by Crippen LogP contribution is -2.19. The summed E-state index contributed by atoms with van der Waals surface area (Å²) in [6.07, 6.45) is 8.70. The van der Waals surface area contributed by atoms with Crippen molar-refractivity contribution >= 4 is 0 Å². The average molecular weight is 181 g/mol. The molecule has 1 aliphatic carbocycles. The van der Waals surface area contributed by atoms with Crippen LogP contribution in [0.3, 0.4) is 0 Å². The molecule has 1 saturated carbocycles. The largest absolute Gasteiger partial charge is 0.198 e. The molecule has 0 aromatic rings. The monoisotopic (exact) mass is 181 g/mol. The van der Waals surface area contributed by atoms with E-state index in [9.17, 15) is 0 Å². The highest BCUT2D eigenvalue weighted by atomic mass is 14.3. The van der Waals surface area contributed by atoms with Crippen LogP contribution in [0.4, 0.5) is 0 Å². The van der Waals surface area contributed by atoms with Gasteiger partial charge in [-0.1, -0.05) is 40.0 Å². The molecule has 0 heterocycles. The summed E-state index contributed by atoms with van der Waals surface area (Å²) < 4.78 is 0. The molecule has 1 aliphatic rings. The molecular formula is C12H23N. The Balaban J connectivity index is 0.000000671. The molecule has 1 nitrogen and oxygen atoms in total. The molecular weight excluding hydrogens is 158 g/mol. The van der Waals surface area contributed by atoms with Crippen LogP contribution >= 0.6 is 0 Å². The minimum atomic E-state index is 0.508. The number of nitrogens with zero attached hydrogens (tertiary/aromatic N) is 1. The van der Waals surface area contributed by atoms with Gasteiger partial charge in [0.2, 0.25) is 0 Å². The van der Waals surface area contributed by atoms with Gasteiger partial charge in [-0.05, 0) is 24.7 Å². The second-order valence-corrected chi connectivity index (χ2v) is 4.03. The van der Waals surface area contributed by atoms with Gasteiger partial charge in [-0.2, -0.15) is 5.26 Å². The Bertz CT molecular complexity index is 149. The maximum atomic E-state index is 8.46. The molecule has 1 rings (SSSR count). The van der Waals surface area contributed by atoms with E-state index in [-0.39, 0.29) is 0 Å². The summed E-state index contributed by atoms with van der Waals surface area (Å²) in [5.74, 6) is 0. The molecule has 76 valence electrons. The zero-order valence-electron chi connectivity index (χ0n) is 9.40. The molecule has 0 atom stereocenters. The van der Waals surface area contributed by atoms with Crippen molar-refractivity contribution in [2.45, 2.75) is 65.7 Å². The molecule has 0 N–H and O–H groups in total. The molecule has 0 radical (unpaired) electrons. The fourth-order valence-corrected chi connectivity index (χ4v) is 2.01. The third kappa shape index (κ3) is 4.93. The molecule has 0 unspecified atom stereocenters. The molecule has 1 heteroatoms. The lowest BCUT2D eigenvalue weighted by Gasteiger charge is -2.32. The predicted octanol–water partition coefficient (Wildman–Crippen LogP) is 4.29. The standard InChI is InChI=1S/C10H17N.C2H6/c1-10(8-5-9-11)6-3-2-4-7-10;1-2/h2-8H2,1H3;1-2H3. The van der Waals surface area contributed by atoms with E-state index >= 15 is 0 Å². The van der Waals surface area contributed by atoms with Crippen molar-refractivity contribution < 1.29 is 0 Å². The fourth-order valence-electron chi connectivity index (χ4n) is 2.01. The molecule has 0 aromatic carbocycles. The lowest BCUT2D eigenvalue weighted by atomic mass is 9.73. The van der Waals surface area contributed by atoms with Crippen LogP contribution in [-0.4, -0.2) is 0 Å². The van der Waals surface area contributed by atoms with Crippen molar-refractivity contribution in [3.05, 3.63) is 0 Å². The maximum Gasteiger partial charge on any atom is 0.0621 e. The predicted molar refractivity (Wildman–Crippen MR) is 57.4 cm³/mol. The Morgan fingerprint density at radius 3 is 2.15 bits per heavy atom. The van der Waals surface area contributed by atoms with Crippen LogP contribution in [0.1, 0.15) is 65.7 Å². The molecule has 0 aromatic heterocycles. The third-order valence-corrected chi connectivity index (χ3v) is 2.90. The van der Waals surface area contributed by atoms with E-state index in [1.165, 1.54) is 32.1 Å². The highest BCUT2D eigenvalue weighted by Gasteiger charge is 2.25. The van der Waals surface area contributed by atoms with Crippen LogP contribution in [-0.2, 0) is 0 Å². The van der Waals surface area contributed by atoms with Gasteiger partial charge in [0.25, 0.3) is 0 Å². The van der Waals surface area contributed by atoms with E-state index in [1.807, 2.05) is 13.8 Å². The van der Waals surface area contributed by atoms with Gasteiger partial charge in [-0.15, -0.1) is 0 Å². The first kappa shape index (κ1) is 12.5. The average Bonchev–Trinajstić information content (AvgIpc) is 2.19. The van der Waals surface area contributed by atoms with Crippen LogP contribution in [0.5, 0.6) is 0 Å². The molecule has 0 amide bonds. The van der Waals surface area contributed by atoms with Crippen LogP contribution in [0, 0.1) is 16.7 Å². The normalized spacial score (nSPS) is 19.5. The fraction of sp³-hybridized carbons (Fsp3) is 0.917. The first-order chi connectivity index (χ1) is 6.27. The number of nitriles is 1. The first-order valence-corrected chi connectivity index (χ1v) is 5.64. The molecule has 0 aliphatic heterocycles. The zero-order chi connectivity index (χ0) is 10.2. The van der Waals surface area contributed by atoms with Crippen molar-refractivity contribution in [3.63, 3.8) is 0 Å². The molecule has 13 heavy (non-hydrogen) atoms. The van der Waals surface area contributed by atoms with Gasteiger partial charge < -0.3 is 0 Å². The lowest BCUT2D eigenvalue weighted by molar-refractivity contribution is 0.201. The summed E-state index contributed by atoms with van der Waals surface area (Å²) in [5.41, 5.74) is 0.508. The zero-order valence-corrected chi connectivity index (χ0v) is 9.40. The van der Waals surface area contributed by atoms with Crippen molar-refractivity contribution in [2.75, 3.05) is 0 Å². The summed E-state index contributed by atoms with van der Waals surface area (Å²) in [5, 5.41) is 8.46. The topological polar surface area (TPSA) is 23.8 Å². The van der Waals surface area contributed by atoms with Crippen LogP contribution in [0.2, 0.25) is 0 Å². The van der Waals surface area contributed by atoms with E-state index in [2.05, 4.69) is 13.0 Å². The van der Waals surface area contributed by atoms with Gasteiger partial charge in [-0.3, -0.25) is 0 Å². The number of hydrogen-bond donors (Lipinski definition) is 0. The highest BCUT2D eigenvalue weighted by molar-refractivity contribution is 4.82. The van der Waals surface area contributed by atoms with Crippen molar-refractivity contribution in [1.29, 1.82) is 5.26 Å². The molecule has 1 fully saturated rings. The summed E-state index contributed by atoms with van der Waals surface area (Å²) in [6.45, 7) is 6.34. The second-order valence-electron chi connectivity index (χ2n) is 4.03. The van der Waals surface area contributed by atoms with Crippen LogP contribution < -0.4 is 0 Å². The Labute approximate surface area is 83.1 Å². The summed E-state index contributed by atoms with van der Waals surface area (Å²) in [7, 11) is 0. The smallest absolute Gasteiger partial charge is 0.0621 e. The van der Waals surface area contributed by atoms with Gasteiger partial charge in [0.15, 0.2) is 0 Å². The van der Waals surface area contributed by atoms with Crippen molar-refractivity contribution in [1.82, 2.24) is 0 Å². The Hall–Kier alpha value is -0.510. The highest BCUT2D eigenvalue weighted by Crippen LogP contribution is 2.39. The summed E-state index contributed by atoms with van der Waals surface area (Å²) >= 11 is 0. The van der Waals surface area contributed by atoms with Gasteiger partial charge in [0.1, 0.15) is 0 Å². The maximum absolute atomic E-state index is 8.46. The summed E-state index contributed by atoms with van der Waals surface area (Å²) in [4.78, 5) is 0. The quantitative estimate of drug-likeness (QED) is 0.623. The Morgan fingerprint density at radius 2 is 1.69 bits per heavy atom. The van der Waals surface area contributed by atoms with E-state index in [0.29, 0.717) is 5.41 Å². The van der Waals surface area contributed by atoms with E-state index in [0.717, 1.165) is 12.8 Å². The van der Waals surface area contributed by atoms with E-state index in [1.54, 1.807) is 0 Å². The van der Waals surface area contributed by atoms with Gasteiger partial charge in [0.05, 0.1) is 6.07 Å². The minimum absolute atomic E-state index is 0.508. The second kappa shape index (κ2) is 6.95.